The molecule has 0 amide bonds. The Balaban J connectivity index is 3.71. The summed E-state index contributed by atoms with van der Waals surface area (Å²) >= 11 is 1.87. The highest BCUT2D eigenvalue weighted by Gasteiger charge is 2.17. The zero-order valence-electron chi connectivity index (χ0n) is 10.8. The van der Waals surface area contributed by atoms with E-state index in [1.165, 1.54) is 12.2 Å². The number of thioether (sulfide) groups is 1. The third-order valence-electron chi connectivity index (χ3n) is 2.31. The van der Waals surface area contributed by atoms with Gasteiger partial charge in [-0.15, -0.1) is 0 Å². The van der Waals surface area contributed by atoms with E-state index in [4.69, 9.17) is 4.74 Å². The normalized spacial score (nSPS) is 12.4. The average molecular weight is 247 g/mol. The van der Waals surface area contributed by atoms with Gasteiger partial charge in [-0.25, -0.2) is 0 Å². The second-order valence-electron chi connectivity index (χ2n) is 3.75. The number of carbonyl (C=O) groups is 1. The highest BCUT2D eigenvalue weighted by Crippen LogP contribution is 2.02. The van der Waals surface area contributed by atoms with Gasteiger partial charge in [-0.05, 0) is 44.7 Å². The molecule has 16 heavy (non-hydrogen) atoms. The summed E-state index contributed by atoms with van der Waals surface area (Å²) in [5, 5.41) is 3.28. The van der Waals surface area contributed by atoms with Crippen LogP contribution < -0.4 is 5.32 Å². The number of rotatable bonds is 10. The molecule has 0 rings (SSSR count). The maximum atomic E-state index is 11.6. The summed E-state index contributed by atoms with van der Waals surface area (Å²) in [5.74, 6) is 1.09. The van der Waals surface area contributed by atoms with Gasteiger partial charge in [-0.1, -0.05) is 13.3 Å². The molecule has 0 fully saturated rings. The Hall–Kier alpha value is -0.220. The molecule has 0 heterocycles. The molecular formula is C12H25NO2S. The van der Waals surface area contributed by atoms with Crippen molar-refractivity contribution in [3.63, 3.8) is 0 Å². The Morgan fingerprint density at radius 3 is 2.69 bits per heavy atom. The van der Waals surface area contributed by atoms with Crippen LogP contribution in [0.5, 0.6) is 0 Å². The predicted octanol–water partition coefficient (Wildman–Crippen LogP) is 2.45. The average Bonchev–Trinajstić information content (AvgIpc) is 2.27. The van der Waals surface area contributed by atoms with Crippen LogP contribution >= 0.6 is 11.8 Å². The van der Waals surface area contributed by atoms with E-state index in [1.54, 1.807) is 0 Å². The molecule has 0 aliphatic carbocycles. The number of carbonyl (C=O) groups excluding carboxylic acids is 1. The topological polar surface area (TPSA) is 38.3 Å². The maximum absolute atomic E-state index is 11.6. The summed E-state index contributed by atoms with van der Waals surface area (Å²) in [6.07, 6.45) is 6.31. The third kappa shape index (κ3) is 7.99. The van der Waals surface area contributed by atoms with Crippen molar-refractivity contribution in [2.75, 3.05) is 25.2 Å². The van der Waals surface area contributed by atoms with Gasteiger partial charge in [0.2, 0.25) is 0 Å². The number of hydrogen-bond donors (Lipinski definition) is 1. The molecule has 4 heteroatoms. The molecule has 0 bridgehead atoms. The molecular weight excluding hydrogens is 222 g/mol. The van der Waals surface area contributed by atoms with Gasteiger partial charge in [0, 0.05) is 0 Å². The molecule has 0 aromatic heterocycles. The fourth-order valence-corrected chi connectivity index (χ4v) is 1.98. The van der Waals surface area contributed by atoms with E-state index < -0.39 is 0 Å². The standard InChI is InChI=1S/C12H25NO2S/c1-4-8-11(12(14)15-5-2)13-9-6-7-10-16-3/h11,13H,4-10H2,1-3H3. The highest BCUT2D eigenvalue weighted by atomic mass is 32.2. The van der Waals surface area contributed by atoms with E-state index in [-0.39, 0.29) is 12.0 Å². The Labute approximate surface area is 104 Å². The van der Waals surface area contributed by atoms with Gasteiger partial charge in [0.15, 0.2) is 0 Å². The smallest absolute Gasteiger partial charge is 0.323 e. The van der Waals surface area contributed by atoms with Crippen molar-refractivity contribution in [2.45, 2.75) is 45.6 Å². The van der Waals surface area contributed by atoms with Crippen molar-refractivity contribution in [3.8, 4) is 0 Å². The maximum Gasteiger partial charge on any atom is 0.323 e. The van der Waals surface area contributed by atoms with Crippen LogP contribution in [0.3, 0.4) is 0 Å². The SMILES string of the molecule is CCCC(NCCCCSC)C(=O)OCC. The van der Waals surface area contributed by atoms with E-state index in [0.717, 1.165) is 25.8 Å². The van der Waals surface area contributed by atoms with Crippen molar-refractivity contribution in [3.05, 3.63) is 0 Å². The fourth-order valence-electron chi connectivity index (χ4n) is 1.48. The van der Waals surface area contributed by atoms with Crippen LogP contribution in [0.2, 0.25) is 0 Å². The van der Waals surface area contributed by atoms with E-state index >= 15 is 0 Å². The molecule has 0 saturated heterocycles. The lowest BCUT2D eigenvalue weighted by Crippen LogP contribution is -2.38. The summed E-state index contributed by atoms with van der Waals surface area (Å²) in [6, 6.07) is -0.112. The zero-order chi connectivity index (χ0) is 12.2. The minimum atomic E-state index is -0.112. The second kappa shape index (κ2) is 11.3. The van der Waals surface area contributed by atoms with Crippen molar-refractivity contribution in [1.82, 2.24) is 5.32 Å². The summed E-state index contributed by atoms with van der Waals surface area (Å²) in [5.41, 5.74) is 0. The molecule has 0 aromatic rings. The van der Waals surface area contributed by atoms with Gasteiger partial charge in [0.25, 0.3) is 0 Å². The predicted molar refractivity (Wildman–Crippen MR) is 70.9 cm³/mol. The van der Waals surface area contributed by atoms with Crippen LogP contribution in [0.4, 0.5) is 0 Å². The quantitative estimate of drug-likeness (QED) is 0.475. The van der Waals surface area contributed by atoms with Crippen molar-refractivity contribution >= 4 is 17.7 Å². The van der Waals surface area contributed by atoms with Crippen LogP contribution in [-0.4, -0.2) is 37.2 Å². The zero-order valence-corrected chi connectivity index (χ0v) is 11.6. The summed E-state index contributed by atoms with van der Waals surface area (Å²) in [6.45, 7) is 5.30. The first-order valence-corrected chi connectivity index (χ1v) is 7.54. The molecule has 0 radical (unpaired) electrons. The molecule has 0 spiro atoms. The van der Waals surface area contributed by atoms with Crippen molar-refractivity contribution in [2.24, 2.45) is 0 Å². The minimum Gasteiger partial charge on any atom is -0.465 e. The fraction of sp³-hybridized carbons (Fsp3) is 0.917. The highest BCUT2D eigenvalue weighted by molar-refractivity contribution is 7.98. The van der Waals surface area contributed by atoms with Gasteiger partial charge in [-0.2, -0.15) is 11.8 Å². The first-order valence-electron chi connectivity index (χ1n) is 6.15. The van der Waals surface area contributed by atoms with Gasteiger partial charge >= 0.3 is 5.97 Å². The van der Waals surface area contributed by atoms with Crippen LogP contribution in [0.15, 0.2) is 0 Å². The Morgan fingerprint density at radius 2 is 2.12 bits per heavy atom. The number of nitrogens with one attached hydrogen (secondary N) is 1. The van der Waals surface area contributed by atoms with Gasteiger partial charge < -0.3 is 10.1 Å². The Kier molecular flexibility index (Phi) is 11.1. The van der Waals surface area contributed by atoms with Crippen molar-refractivity contribution < 1.29 is 9.53 Å². The van der Waals surface area contributed by atoms with Gasteiger partial charge in [0.1, 0.15) is 6.04 Å². The largest absolute Gasteiger partial charge is 0.465 e. The number of esters is 1. The molecule has 0 aromatic carbocycles. The molecule has 0 saturated carbocycles. The lowest BCUT2D eigenvalue weighted by Gasteiger charge is -2.16. The van der Waals surface area contributed by atoms with Crippen LogP contribution in [0.25, 0.3) is 0 Å². The molecule has 96 valence electrons. The summed E-state index contributed by atoms with van der Waals surface area (Å²) < 4.78 is 5.03. The van der Waals surface area contributed by atoms with E-state index in [9.17, 15) is 4.79 Å². The molecule has 3 nitrogen and oxygen atoms in total. The van der Waals surface area contributed by atoms with Crippen molar-refractivity contribution in [1.29, 1.82) is 0 Å². The summed E-state index contributed by atoms with van der Waals surface area (Å²) in [7, 11) is 0. The lowest BCUT2D eigenvalue weighted by atomic mass is 10.1. The van der Waals surface area contributed by atoms with E-state index in [2.05, 4.69) is 18.5 Å². The van der Waals surface area contributed by atoms with Gasteiger partial charge in [-0.3, -0.25) is 4.79 Å². The van der Waals surface area contributed by atoms with Crippen LogP contribution in [0, 0.1) is 0 Å². The first-order chi connectivity index (χ1) is 7.76. The number of hydrogen-bond acceptors (Lipinski definition) is 4. The second-order valence-corrected chi connectivity index (χ2v) is 4.73. The first kappa shape index (κ1) is 15.8. The molecule has 1 unspecified atom stereocenters. The monoisotopic (exact) mass is 247 g/mol. The lowest BCUT2D eigenvalue weighted by molar-refractivity contribution is -0.145. The molecule has 0 aliphatic rings. The van der Waals surface area contributed by atoms with E-state index in [0.29, 0.717) is 6.61 Å². The minimum absolute atomic E-state index is 0.103. The molecule has 1 N–H and O–H groups in total. The third-order valence-corrected chi connectivity index (χ3v) is 3.01. The van der Waals surface area contributed by atoms with E-state index in [1.807, 2.05) is 18.7 Å². The molecule has 1 atom stereocenters. The Morgan fingerprint density at radius 1 is 1.38 bits per heavy atom. The molecule has 0 aliphatic heterocycles. The Bertz CT molecular complexity index is 176. The number of ether oxygens (including phenoxy) is 1. The van der Waals surface area contributed by atoms with Gasteiger partial charge in [0.05, 0.1) is 6.61 Å². The number of unbranched alkanes of at least 4 members (excludes halogenated alkanes) is 1. The van der Waals surface area contributed by atoms with Crippen LogP contribution in [-0.2, 0) is 9.53 Å². The van der Waals surface area contributed by atoms with Crippen LogP contribution in [0.1, 0.15) is 39.5 Å². The summed E-state index contributed by atoms with van der Waals surface area (Å²) in [4.78, 5) is 11.6.